The Morgan fingerprint density at radius 2 is 2.00 bits per heavy atom. The summed E-state index contributed by atoms with van der Waals surface area (Å²) in [6.45, 7) is 2.43. The van der Waals surface area contributed by atoms with Crippen molar-refractivity contribution in [2.24, 2.45) is 23.6 Å². The number of imide groups is 1. The number of aromatic nitrogens is 1. The van der Waals surface area contributed by atoms with Crippen LogP contribution in [0.25, 0.3) is 0 Å². The molecule has 6 heteroatoms. The molecule has 21 heavy (non-hydrogen) atoms. The summed E-state index contributed by atoms with van der Waals surface area (Å²) in [6, 6.07) is 3.55. The molecule has 2 unspecified atom stereocenters. The number of pyridine rings is 1. The van der Waals surface area contributed by atoms with Crippen LogP contribution in [-0.4, -0.2) is 21.7 Å². The zero-order chi connectivity index (χ0) is 15.0. The van der Waals surface area contributed by atoms with E-state index in [1.54, 1.807) is 18.3 Å². The third-order valence-electron chi connectivity index (χ3n) is 4.72. The number of carbonyl (C=O) groups is 2. The molecule has 2 aliphatic rings. The van der Waals surface area contributed by atoms with Crippen molar-refractivity contribution in [2.45, 2.75) is 32.7 Å². The lowest BCUT2D eigenvalue weighted by atomic mass is 10.00. The van der Waals surface area contributed by atoms with Crippen LogP contribution in [0, 0.1) is 17.8 Å². The second kappa shape index (κ2) is 5.44. The number of hydrogen-bond acceptors (Lipinski definition) is 5. The average molecular weight is 288 g/mol. The lowest BCUT2D eigenvalue weighted by molar-refractivity contribution is -0.141. The van der Waals surface area contributed by atoms with Crippen LogP contribution in [0.15, 0.2) is 18.3 Å². The van der Waals surface area contributed by atoms with E-state index in [1.165, 1.54) is 4.90 Å². The van der Waals surface area contributed by atoms with E-state index in [2.05, 4.69) is 17.3 Å². The Morgan fingerprint density at radius 3 is 2.57 bits per heavy atom. The summed E-state index contributed by atoms with van der Waals surface area (Å²) in [6.07, 6.45) is 4.37. The Kier molecular flexibility index (Phi) is 3.63. The second-order valence-corrected chi connectivity index (χ2v) is 5.91. The van der Waals surface area contributed by atoms with Crippen LogP contribution in [-0.2, 0) is 16.1 Å². The Balaban J connectivity index is 1.75. The maximum absolute atomic E-state index is 12.5. The van der Waals surface area contributed by atoms with E-state index < -0.39 is 0 Å². The molecule has 6 nitrogen and oxygen atoms in total. The van der Waals surface area contributed by atoms with E-state index in [0.29, 0.717) is 18.3 Å². The predicted octanol–water partition coefficient (Wildman–Crippen LogP) is 1.29. The van der Waals surface area contributed by atoms with Crippen molar-refractivity contribution in [1.29, 1.82) is 0 Å². The molecule has 0 bridgehead atoms. The van der Waals surface area contributed by atoms with Gasteiger partial charge in [0.2, 0.25) is 11.8 Å². The highest BCUT2D eigenvalue weighted by atomic mass is 16.2. The summed E-state index contributed by atoms with van der Waals surface area (Å²) < 4.78 is 0. The standard InChI is InChI=1S/C15H20N4O2/c1-2-9-5-11-12(6-9)15(21)19(14(11)20)8-10-3-4-17-13(7-10)18-16/h3-4,7,9,11-12H,2,5-6,8,16H2,1H3,(H,17,18). The minimum atomic E-state index is -0.101. The van der Waals surface area contributed by atoms with E-state index in [4.69, 9.17) is 5.84 Å². The molecule has 1 aliphatic heterocycles. The molecule has 1 aliphatic carbocycles. The number of hydrazine groups is 1. The number of nitrogen functional groups attached to an aromatic ring is 1. The van der Waals surface area contributed by atoms with Gasteiger partial charge in [-0.1, -0.05) is 13.3 Å². The number of hydrogen-bond donors (Lipinski definition) is 2. The first-order chi connectivity index (χ1) is 10.1. The zero-order valence-electron chi connectivity index (χ0n) is 12.1. The summed E-state index contributed by atoms with van der Waals surface area (Å²) in [5.41, 5.74) is 3.32. The van der Waals surface area contributed by atoms with Crippen molar-refractivity contribution in [1.82, 2.24) is 9.88 Å². The van der Waals surface area contributed by atoms with Gasteiger partial charge in [0.05, 0.1) is 18.4 Å². The van der Waals surface area contributed by atoms with Gasteiger partial charge in [0.15, 0.2) is 0 Å². The molecule has 1 saturated carbocycles. The molecule has 1 saturated heterocycles. The lowest BCUT2D eigenvalue weighted by Gasteiger charge is -2.17. The van der Waals surface area contributed by atoms with Crippen LogP contribution in [0.1, 0.15) is 31.7 Å². The molecule has 2 fully saturated rings. The van der Waals surface area contributed by atoms with Gasteiger partial charge in [-0.05, 0) is 36.5 Å². The summed E-state index contributed by atoms with van der Waals surface area (Å²) in [7, 11) is 0. The van der Waals surface area contributed by atoms with Crippen LogP contribution in [0.3, 0.4) is 0 Å². The maximum atomic E-state index is 12.5. The number of likely N-dealkylation sites (tertiary alicyclic amines) is 1. The number of nitrogens with two attached hydrogens (primary N) is 1. The highest BCUT2D eigenvalue weighted by Gasteiger charge is 2.51. The van der Waals surface area contributed by atoms with Gasteiger partial charge in [0.25, 0.3) is 0 Å². The first-order valence-corrected chi connectivity index (χ1v) is 7.40. The van der Waals surface area contributed by atoms with Crippen LogP contribution < -0.4 is 11.3 Å². The molecule has 1 aromatic heterocycles. The third kappa shape index (κ3) is 2.40. The monoisotopic (exact) mass is 288 g/mol. The fourth-order valence-electron chi connectivity index (χ4n) is 3.52. The fraction of sp³-hybridized carbons (Fsp3) is 0.533. The Labute approximate surface area is 123 Å². The van der Waals surface area contributed by atoms with Gasteiger partial charge < -0.3 is 5.43 Å². The Morgan fingerprint density at radius 1 is 1.33 bits per heavy atom. The van der Waals surface area contributed by atoms with Crippen molar-refractivity contribution < 1.29 is 9.59 Å². The van der Waals surface area contributed by atoms with E-state index in [-0.39, 0.29) is 23.7 Å². The normalized spacial score (nSPS) is 28.1. The quantitative estimate of drug-likeness (QED) is 0.495. The molecule has 2 amide bonds. The molecule has 2 atom stereocenters. The molecule has 3 rings (SSSR count). The first kappa shape index (κ1) is 14.0. The summed E-state index contributed by atoms with van der Waals surface area (Å²) in [5.74, 6) is 6.14. The minimum absolute atomic E-state index is 0.0139. The van der Waals surface area contributed by atoms with Crippen molar-refractivity contribution >= 4 is 17.6 Å². The molecule has 1 aromatic rings. The van der Waals surface area contributed by atoms with E-state index in [0.717, 1.165) is 24.8 Å². The van der Waals surface area contributed by atoms with Gasteiger partial charge in [-0.2, -0.15) is 0 Å². The number of nitrogens with zero attached hydrogens (tertiary/aromatic N) is 2. The molecule has 2 heterocycles. The largest absolute Gasteiger partial charge is 0.308 e. The second-order valence-electron chi connectivity index (χ2n) is 5.91. The zero-order valence-corrected chi connectivity index (χ0v) is 12.1. The number of rotatable bonds is 4. The molecule has 0 spiro atoms. The van der Waals surface area contributed by atoms with Gasteiger partial charge in [0, 0.05) is 6.20 Å². The molecule has 0 aromatic carbocycles. The summed E-state index contributed by atoms with van der Waals surface area (Å²) in [5, 5.41) is 0. The van der Waals surface area contributed by atoms with E-state index in [1.807, 2.05) is 0 Å². The van der Waals surface area contributed by atoms with Crippen molar-refractivity contribution in [3.05, 3.63) is 23.9 Å². The van der Waals surface area contributed by atoms with Gasteiger partial charge in [-0.25, -0.2) is 10.8 Å². The molecular weight excluding hydrogens is 268 g/mol. The van der Waals surface area contributed by atoms with Crippen LogP contribution in [0.4, 0.5) is 5.82 Å². The first-order valence-electron chi connectivity index (χ1n) is 7.40. The topological polar surface area (TPSA) is 88.3 Å². The summed E-state index contributed by atoms with van der Waals surface area (Å²) in [4.78, 5) is 30.4. The lowest BCUT2D eigenvalue weighted by Crippen LogP contribution is -2.31. The predicted molar refractivity (Wildman–Crippen MR) is 77.6 cm³/mol. The summed E-state index contributed by atoms with van der Waals surface area (Å²) >= 11 is 0. The van der Waals surface area contributed by atoms with E-state index in [9.17, 15) is 9.59 Å². The fourth-order valence-corrected chi connectivity index (χ4v) is 3.52. The van der Waals surface area contributed by atoms with Crippen LogP contribution >= 0.6 is 0 Å². The van der Waals surface area contributed by atoms with Crippen molar-refractivity contribution in [3.8, 4) is 0 Å². The number of amides is 2. The van der Waals surface area contributed by atoms with E-state index >= 15 is 0 Å². The smallest absolute Gasteiger partial charge is 0.233 e. The number of carbonyl (C=O) groups excluding carboxylic acids is 2. The average Bonchev–Trinajstić information content (AvgIpc) is 3.03. The SMILES string of the molecule is CCC1CC2C(=O)N(Cc3ccnc(NN)c3)C(=O)C2C1. The Bertz CT molecular complexity index is 551. The number of anilines is 1. The molecule has 3 N–H and O–H groups in total. The molecule has 112 valence electrons. The number of fused-ring (bicyclic) bond motifs is 1. The van der Waals surface area contributed by atoms with Crippen LogP contribution in [0.2, 0.25) is 0 Å². The van der Waals surface area contributed by atoms with Gasteiger partial charge in [0.1, 0.15) is 5.82 Å². The molecular formula is C15H20N4O2. The van der Waals surface area contributed by atoms with Crippen molar-refractivity contribution in [3.63, 3.8) is 0 Å². The van der Waals surface area contributed by atoms with Crippen molar-refractivity contribution in [2.75, 3.05) is 5.43 Å². The minimum Gasteiger partial charge on any atom is -0.308 e. The highest BCUT2D eigenvalue weighted by molar-refractivity contribution is 6.05. The Hall–Kier alpha value is -1.95. The highest BCUT2D eigenvalue weighted by Crippen LogP contribution is 2.44. The molecule has 0 radical (unpaired) electrons. The van der Waals surface area contributed by atoms with Gasteiger partial charge >= 0.3 is 0 Å². The third-order valence-corrected chi connectivity index (χ3v) is 4.72. The van der Waals surface area contributed by atoms with Gasteiger partial charge in [-0.3, -0.25) is 14.5 Å². The number of nitrogens with one attached hydrogen (secondary N) is 1. The van der Waals surface area contributed by atoms with Crippen LogP contribution in [0.5, 0.6) is 0 Å². The van der Waals surface area contributed by atoms with Gasteiger partial charge in [-0.15, -0.1) is 0 Å². The maximum Gasteiger partial charge on any atom is 0.233 e.